The number of aryl methyl sites for hydroxylation is 2. The van der Waals surface area contributed by atoms with E-state index in [1.54, 1.807) is 0 Å². The summed E-state index contributed by atoms with van der Waals surface area (Å²) in [4.78, 5) is 2.83. The number of hydrogen-bond acceptors (Lipinski definition) is 2. The molecule has 0 amide bonds. The maximum Gasteiger partial charge on any atom is 0.0346 e. The minimum absolute atomic E-state index is 0.417. The highest BCUT2D eigenvalue weighted by atomic mass is 32.1. The third-order valence-corrected chi connectivity index (χ3v) is 4.49. The monoisotopic (exact) mass is 273 g/mol. The van der Waals surface area contributed by atoms with Gasteiger partial charge in [0.15, 0.2) is 0 Å². The highest BCUT2D eigenvalue weighted by Crippen LogP contribution is 2.24. The first-order valence-electron chi connectivity index (χ1n) is 6.92. The first-order chi connectivity index (χ1) is 9.08. The molecule has 0 aliphatic rings. The van der Waals surface area contributed by atoms with Crippen molar-refractivity contribution < 1.29 is 0 Å². The van der Waals surface area contributed by atoms with Gasteiger partial charge in [-0.3, -0.25) is 0 Å². The number of nitrogens with one attached hydrogen (secondary N) is 1. The second-order valence-electron chi connectivity index (χ2n) is 5.45. The smallest absolute Gasteiger partial charge is 0.0346 e. The highest BCUT2D eigenvalue weighted by molar-refractivity contribution is 7.12. The lowest BCUT2D eigenvalue weighted by molar-refractivity contribution is 0.410. The zero-order chi connectivity index (χ0) is 13.8. The van der Waals surface area contributed by atoms with Crippen molar-refractivity contribution in [2.45, 2.75) is 40.3 Å². The summed E-state index contributed by atoms with van der Waals surface area (Å²) in [6.45, 7) is 9.89. The fourth-order valence-electron chi connectivity index (χ4n) is 2.48. The predicted molar refractivity (Wildman–Crippen MR) is 84.7 cm³/mol. The van der Waals surface area contributed by atoms with Gasteiger partial charge in [-0.05, 0) is 37.0 Å². The zero-order valence-corrected chi connectivity index (χ0v) is 13.1. The average molecular weight is 273 g/mol. The Balaban J connectivity index is 2.08. The maximum absolute atomic E-state index is 3.71. The van der Waals surface area contributed by atoms with Crippen LogP contribution in [0.4, 0.5) is 0 Å². The topological polar surface area (TPSA) is 12.0 Å². The van der Waals surface area contributed by atoms with Crippen molar-refractivity contribution in [3.63, 3.8) is 0 Å². The summed E-state index contributed by atoms with van der Waals surface area (Å²) in [5.74, 6) is 0.586. The molecule has 0 saturated carbocycles. The van der Waals surface area contributed by atoms with Gasteiger partial charge in [0.25, 0.3) is 0 Å². The molecule has 0 fully saturated rings. The van der Waals surface area contributed by atoms with Gasteiger partial charge in [-0.15, -0.1) is 11.3 Å². The summed E-state index contributed by atoms with van der Waals surface area (Å²) in [5, 5.41) is 3.71. The van der Waals surface area contributed by atoms with E-state index in [0.29, 0.717) is 12.0 Å². The minimum Gasteiger partial charge on any atom is -0.306 e. The summed E-state index contributed by atoms with van der Waals surface area (Å²) < 4.78 is 0. The van der Waals surface area contributed by atoms with Crippen molar-refractivity contribution in [1.82, 2.24) is 5.32 Å². The molecule has 2 rings (SSSR count). The molecule has 0 radical (unpaired) electrons. The third-order valence-electron chi connectivity index (χ3n) is 3.48. The van der Waals surface area contributed by atoms with Crippen molar-refractivity contribution in [3.05, 3.63) is 57.3 Å². The number of benzene rings is 1. The molecule has 1 atom stereocenters. The summed E-state index contributed by atoms with van der Waals surface area (Å²) in [7, 11) is 0. The van der Waals surface area contributed by atoms with Crippen molar-refractivity contribution in [2.24, 2.45) is 5.92 Å². The van der Waals surface area contributed by atoms with Gasteiger partial charge in [0.05, 0.1) is 0 Å². The van der Waals surface area contributed by atoms with Crippen LogP contribution in [0.25, 0.3) is 0 Å². The highest BCUT2D eigenvalue weighted by Gasteiger charge is 2.15. The molecule has 1 unspecified atom stereocenters. The quantitative estimate of drug-likeness (QED) is 0.821. The van der Waals surface area contributed by atoms with Gasteiger partial charge in [0.1, 0.15) is 0 Å². The summed E-state index contributed by atoms with van der Waals surface area (Å²) in [6, 6.07) is 13.5. The normalized spacial score (nSPS) is 12.9. The van der Waals surface area contributed by atoms with Crippen molar-refractivity contribution in [2.75, 3.05) is 0 Å². The van der Waals surface area contributed by atoms with Crippen LogP contribution in [0, 0.1) is 19.8 Å². The van der Waals surface area contributed by atoms with Gasteiger partial charge < -0.3 is 5.32 Å². The van der Waals surface area contributed by atoms with Crippen LogP contribution in [0.1, 0.15) is 40.8 Å². The van der Waals surface area contributed by atoms with E-state index in [0.717, 1.165) is 6.54 Å². The van der Waals surface area contributed by atoms with Gasteiger partial charge in [-0.2, -0.15) is 0 Å². The van der Waals surface area contributed by atoms with Crippen molar-refractivity contribution in [3.8, 4) is 0 Å². The van der Waals surface area contributed by atoms with Crippen molar-refractivity contribution >= 4 is 11.3 Å². The SMILES string of the molecule is Cc1cc(CNC(c2ccccc2)C(C)C)c(C)s1. The molecule has 19 heavy (non-hydrogen) atoms. The van der Waals surface area contributed by atoms with E-state index in [-0.39, 0.29) is 0 Å². The Morgan fingerprint density at radius 3 is 2.32 bits per heavy atom. The van der Waals surface area contributed by atoms with Gasteiger partial charge in [0, 0.05) is 22.3 Å². The second-order valence-corrected chi connectivity index (χ2v) is 6.91. The molecule has 0 aliphatic heterocycles. The molecule has 0 aliphatic carbocycles. The largest absolute Gasteiger partial charge is 0.306 e. The van der Waals surface area contributed by atoms with Crippen LogP contribution in [-0.4, -0.2) is 0 Å². The Morgan fingerprint density at radius 1 is 1.11 bits per heavy atom. The molecule has 0 saturated heterocycles. The Labute approximate surface area is 120 Å². The van der Waals surface area contributed by atoms with E-state index >= 15 is 0 Å². The van der Waals surface area contributed by atoms with E-state index in [1.807, 2.05) is 11.3 Å². The first-order valence-corrected chi connectivity index (χ1v) is 7.74. The number of hydrogen-bond donors (Lipinski definition) is 1. The summed E-state index contributed by atoms with van der Waals surface area (Å²) >= 11 is 1.89. The Bertz CT molecular complexity index is 513. The first kappa shape index (κ1) is 14.3. The predicted octanol–water partition coefficient (Wildman–Crippen LogP) is 4.85. The van der Waals surface area contributed by atoms with Crippen LogP contribution in [0.15, 0.2) is 36.4 Å². The van der Waals surface area contributed by atoms with Crippen LogP contribution in [0.5, 0.6) is 0 Å². The van der Waals surface area contributed by atoms with Crippen LogP contribution in [-0.2, 0) is 6.54 Å². The average Bonchev–Trinajstić information content (AvgIpc) is 2.69. The van der Waals surface area contributed by atoms with Crippen LogP contribution in [0.3, 0.4) is 0 Å². The molecule has 1 aromatic heterocycles. The van der Waals surface area contributed by atoms with E-state index in [2.05, 4.69) is 69.4 Å². The molecular weight excluding hydrogens is 250 g/mol. The van der Waals surface area contributed by atoms with Crippen LogP contribution < -0.4 is 5.32 Å². The lowest BCUT2D eigenvalue weighted by Crippen LogP contribution is -2.25. The molecule has 0 spiro atoms. The lowest BCUT2D eigenvalue weighted by atomic mass is 9.96. The fraction of sp³-hybridized carbons (Fsp3) is 0.412. The molecule has 1 N–H and O–H groups in total. The number of thiophene rings is 1. The van der Waals surface area contributed by atoms with Gasteiger partial charge in [0.2, 0.25) is 0 Å². The van der Waals surface area contributed by atoms with E-state index in [1.165, 1.54) is 20.9 Å². The van der Waals surface area contributed by atoms with Gasteiger partial charge in [-0.25, -0.2) is 0 Å². The van der Waals surface area contributed by atoms with E-state index in [9.17, 15) is 0 Å². The Kier molecular flexibility index (Phi) is 4.78. The molecule has 0 bridgehead atoms. The Morgan fingerprint density at radius 2 is 1.79 bits per heavy atom. The standard InChI is InChI=1S/C17H23NS/c1-12(2)17(15-8-6-5-7-9-15)18-11-16-10-13(3)19-14(16)4/h5-10,12,17-18H,11H2,1-4H3. The van der Waals surface area contributed by atoms with Crippen molar-refractivity contribution in [1.29, 1.82) is 0 Å². The molecule has 2 aromatic rings. The van der Waals surface area contributed by atoms with Gasteiger partial charge in [-0.1, -0.05) is 44.2 Å². The fourth-order valence-corrected chi connectivity index (χ4v) is 3.42. The molecule has 2 heteroatoms. The molecule has 1 nitrogen and oxygen atoms in total. The number of rotatable bonds is 5. The van der Waals surface area contributed by atoms with E-state index < -0.39 is 0 Å². The van der Waals surface area contributed by atoms with E-state index in [4.69, 9.17) is 0 Å². The lowest BCUT2D eigenvalue weighted by Gasteiger charge is -2.23. The second kappa shape index (κ2) is 6.36. The molecule has 1 heterocycles. The molecular formula is C17H23NS. The molecule has 1 aromatic carbocycles. The maximum atomic E-state index is 3.71. The summed E-state index contributed by atoms with van der Waals surface area (Å²) in [6.07, 6.45) is 0. The van der Waals surface area contributed by atoms with Gasteiger partial charge >= 0.3 is 0 Å². The zero-order valence-electron chi connectivity index (χ0n) is 12.2. The third kappa shape index (κ3) is 3.68. The minimum atomic E-state index is 0.417. The van der Waals surface area contributed by atoms with Crippen LogP contribution >= 0.6 is 11.3 Å². The summed E-state index contributed by atoms with van der Waals surface area (Å²) in [5.41, 5.74) is 2.81. The van der Waals surface area contributed by atoms with Crippen LogP contribution in [0.2, 0.25) is 0 Å². The molecule has 102 valence electrons. The Hall–Kier alpha value is -1.12.